The molecule has 0 saturated carbocycles. The second-order valence-corrected chi connectivity index (χ2v) is 5.38. The summed E-state index contributed by atoms with van der Waals surface area (Å²) in [6, 6.07) is 0.185. The van der Waals surface area contributed by atoms with Crippen molar-refractivity contribution in [2.75, 3.05) is 5.75 Å². The number of carbonyl (C=O) groups excluding carboxylic acids is 1. The van der Waals surface area contributed by atoms with E-state index in [0.29, 0.717) is 12.3 Å². The normalized spacial score (nSPS) is 20.8. The van der Waals surface area contributed by atoms with E-state index in [-0.39, 0.29) is 11.9 Å². The highest BCUT2D eigenvalue weighted by Crippen LogP contribution is 2.20. The van der Waals surface area contributed by atoms with Gasteiger partial charge in [0.05, 0.1) is 0 Å². The van der Waals surface area contributed by atoms with Gasteiger partial charge in [-0.1, -0.05) is 25.6 Å². The zero-order valence-corrected chi connectivity index (χ0v) is 11.1. The van der Waals surface area contributed by atoms with E-state index >= 15 is 0 Å². The lowest BCUT2D eigenvalue weighted by molar-refractivity contribution is -0.127. The molecule has 0 bridgehead atoms. The molecule has 0 aliphatic carbocycles. The van der Waals surface area contributed by atoms with E-state index in [9.17, 15) is 4.79 Å². The van der Waals surface area contributed by atoms with E-state index in [2.05, 4.69) is 10.1 Å². The molecule has 4 nitrogen and oxygen atoms in total. The van der Waals surface area contributed by atoms with Crippen LogP contribution in [0.25, 0.3) is 0 Å². The minimum absolute atomic E-state index is 0.0371. The quantitative estimate of drug-likeness (QED) is 0.712. The van der Waals surface area contributed by atoms with E-state index in [1.807, 2.05) is 27.7 Å². The van der Waals surface area contributed by atoms with Crippen molar-refractivity contribution in [1.82, 2.24) is 5.01 Å². The molecule has 0 N–H and O–H groups in total. The van der Waals surface area contributed by atoms with Crippen LogP contribution in [0, 0.1) is 5.92 Å². The van der Waals surface area contributed by atoms with Crippen molar-refractivity contribution in [2.45, 2.75) is 40.2 Å². The third kappa shape index (κ3) is 3.96. The van der Waals surface area contributed by atoms with E-state index in [4.69, 9.17) is 0 Å². The summed E-state index contributed by atoms with van der Waals surface area (Å²) in [7, 11) is 0. The number of hydrogen-bond donors (Lipinski definition) is 0. The van der Waals surface area contributed by atoms with Crippen LogP contribution >= 0.6 is 11.8 Å². The van der Waals surface area contributed by atoms with Crippen molar-refractivity contribution in [2.24, 2.45) is 16.0 Å². The highest BCUT2D eigenvalue weighted by molar-refractivity contribution is 8.13. The van der Waals surface area contributed by atoms with Crippen LogP contribution in [-0.2, 0) is 4.79 Å². The Morgan fingerprint density at radius 1 is 1.38 bits per heavy atom. The number of carbonyl (C=O) groups is 1. The average Bonchev–Trinajstić information content (AvgIpc) is 2.15. The number of amidine groups is 1. The van der Waals surface area contributed by atoms with Crippen molar-refractivity contribution < 1.29 is 4.79 Å². The molecule has 5 heteroatoms. The molecule has 0 radical (unpaired) electrons. The Labute approximate surface area is 101 Å². The van der Waals surface area contributed by atoms with Crippen LogP contribution in [0.3, 0.4) is 0 Å². The summed E-state index contributed by atoms with van der Waals surface area (Å²) in [5.74, 6) is 1.17. The molecule has 16 heavy (non-hydrogen) atoms. The monoisotopic (exact) mass is 241 g/mol. The van der Waals surface area contributed by atoms with Gasteiger partial charge < -0.3 is 0 Å². The Kier molecular flexibility index (Phi) is 4.99. The summed E-state index contributed by atoms with van der Waals surface area (Å²) in [6.07, 6.45) is 2.32. The van der Waals surface area contributed by atoms with E-state index in [0.717, 1.165) is 10.9 Å². The standard InChI is InChI=1S/C11H19N3OS/c1-8(2)7-12-14-10(15)5-6-16-11(14)13-9(3)4/h7-9H,5-6H2,1-4H3/b12-7+,13-11-. The highest BCUT2D eigenvalue weighted by Gasteiger charge is 2.24. The van der Waals surface area contributed by atoms with Gasteiger partial charge in [0, 0.05) is 24.4 Å². The van der Waals surface area contributed by atoms with Crippen LogP contribution in [0.5, 0.6) is 0 Å². The van der Waals surface area contributed by atoms with Crippen LogP contribution in [0.2, 0.25) is 0 Å². The highest BCUT2D eigenvalue weighted by atomic mass is 32.2. The number of nitrogens with zero attached hydrogens (tertiary/aromatic N) is 3. The maximum absolute atomic E-state index is 11.7. The molecular weight excluding hydrogens is 222 g/mol. The Bertz CT molecular complexity index is 310. The van der Waals surface area contributed by atoms with Crippen molar-refractivity contribution in [3.63, 3.8) is 0 Å². The van der Waals surface area contributed by atoms with Gasteiger partial charge in [0.2, 0.25) is 5.91 Å². The fourth-order valence-electron chi connectivity index (χ4n) is 1.13. The van der Waals surface area contributed by atoms with Crippen molar-refractivity contribution in [1.29, 1.82) is 0 Å². The fraction of sp³-hybridized carbons (Fsp3) is 0.727. The molecule has 1 amide bonds. The van der Waals surface area contributed by atoms with E-state index in [1.54, 1.807) is 18.0 Å². The predicted molar refractivity (Wildman–Crippen MR) is 69.8 cm³/mol. The van der Waals surface area contributed by atoms with Gasteiger partial charge in [0.1, 0.15) is 0 Å². The van der Waals surface area contributed by atoms with Gasteiger partial charge >= 0.3 is 0 Å². The molecule has 1 fully saturated rings. The smallest absolute Gasteiger partial charge is 0.250 e. The number of rotatable bonds is 3. The maximum Gasteiger partial charge on any atom is 0.250 e. The first-order chi connectivity index (χ1) is 7.50. The molecule has 0 aromatic heterocycles. The lowest BCUT2D eigenvalue weighted by atomic mass is 10.3. The molecule has 1 aliphatic heterocycles. The van der Waals surface area contributed by atoms with Gasteiger partial charge in [-0.15, -0.1) is 0 Å². The lowest BCUT2D eigenvalue weighted by Gasteiger charge is -2.23. The molecule has 1 rings (SSSR count). The Morgan fingerprint density at radius 3 is 2.62 bits per heavy atom. The Morgan fingerprint density at radius 2 is 2.06 bits per heavy atom. The van der Waals surface area contributed by atoms with Gasteiger partial charge in [-0.05, 0) is 19.8 Å². The molecule has 1 heterocycles. The average molecular weight is 241 g/mol. The molecule has 1 saturated heterocycles. The van der Waals surface area contributed by atoms with E-state index in [1.165, 1.54) is 5.01 Å². The molecule has 0 aromatic rings. The summed E-state index contributed by atoms with van der Waals surface area (Å²) in [5, 5.41) is 6.37. The van der Waals surface area contributed by atoms with Crippen molar-refractivity contribution >= 4 is 29.1 Å². The second-order valence-electron chi connectivity index (χ2n) is 4.32. The first-order valence-electron chi connectivity index (χ1n) is 5.58. The summed E-state index contributed by atoms with van der Waals surface area (Å²) >= 11 is 1.60. The lowest BCUT2D eigenvalue weighted by Crippen LogP contribution is -2.35. The fourth-order valence-corrected chi connectivity index (χ4v) is 2.15. The van der Waals surface area contributed by atoms with Crippen LogP contribution in [0.15, 0.2) is 10.1 Å². The number of hydrogen-bond acceptors (Lipinski definition) is 4. The van der Waals surface area contributed by atoms with Crippen LogP contribution < -0.4 is 0 Å². The van der Waals surface area contributed by atoms with Crippen LogP contribution in [0.4, 0.5) is 0 Å². The van der Waals surface area contributed by atoms with Gasteiger partial charge in [0.25, 0.3) is 0 Å². The van der Waals surface area contributed by atoms with Crippen molar-refractivity contribution in [3.8, 4) is 0 Å². The zero-order chi connectivity index (χ0) is 12.1. The predicted octanol–water partition coefficient (Wildman–Crippen LogP) is 2.36. The molecule has 0 aromatic carbocycles. The maximum atomic E-state index is 11.7. The first-order valence-corrected chi connectivity index (χ1v) is 6.57. The minimum Gasteiger partial charge on any atom is -0.272 e. The zero-order valence-electron chi connectivity index (χ0n) is 10.3. The molecule has 0 unspecified atom stereocenters. The van der Waals surface area contributed by atoms with Crippen LogP contribution in [-0.4, -0.2) is 34.1 Å². The Hall–Kier alpha value is -0.840. The number of aliphatic imine (C=N–C) groups is 1. The first kappa shape index (κ1) is 13.2. The second kappa shape index (κ2) is 6.03. The number of hydrazone groups is 1. The molecule has 90 valence electrons. The molecular formula is C11H19N3OS. The van der Waals surface area contributed by atoms with Crippen LogP contribution in [0.1, 0.15) is 34.1 Å². The SMILES string of the molecule is CC(C)/C=N/N1C(=O)CCS/C1=N\C(C)C. The summed E-state index contributed by atoms with van der Waals surface area (Å²) in [5.41, 5.74) is 0. The number of thioether (sulfide) groups is 1. The summed E-state index contributed by atoms with van der Waals surface area (Å²) in [6.45, 7) is 8.06. The third-order valence-corrected chi connectivity index (χ3v) is 2.76. The summed E-state index contributed by atoms with van der Waals surface area (Å²) in [4.78, 5) is 16.1. The topological polar surface area (TPSA) is 45.0 Å². The minimum atomic E-state index is 0.0371. The third-order valence-electron chi connectivity index (χ3n) is 1.81. The number of amides is 1. The van der Waals surface area contributed by atoms with Gasteiger partial charge in [0.15, 0.2) is 5.17 Å². The summed E-state index contributed by atoms with van der Waals surface area (Å²) < 4.78 is 0. The van der Waals surface area contributed by atoms with Gasteiger partial charge in [-0.25, -0.2) is 0 Å². The molecule has 0 atom stereocenters. The van der Waals surface area contributed by atoms with Gasteiger partial charge in [-0.3, -0.25) is 9.79 Å². The molecule has 0 spiro atoms. The largest absolute Gasteiger partial charge is 0.272 e. The Balaban J connectivity index is 2.84. The van der Waals surface area contributed by atoms with E-state index < -0.39 is 0 Å². The van der Waals surface area contributed by atoms with Gasteiger partial charge in [-0.2, -0.15) is 10.1 Å². The molecule has 1 aliphatic rings. The van der Waals surface area contributed by atoms with Crippen molar-refractivity contribution in [3.05, 3.63) is 0 Å².